The van der Waals surface area contributed by atoms with Gasteiger partial charge in [-0.15, -0.1) is 0 Å². The lowest BCUT2D eigenvalue weighted by molar-refractivity contribution is -0.591. The molecule has 0 saturated heterocycles. The highest BCUT2D eigenvalue weighted by atomic mass is 16.5. The highest BCUT2D eigenvalue weighted by Gasteiger charge is 2.29. The average Bonchev–Trinajstić information content (AvgIpc) is 2.34. The summed E-state index contributed by atoms with van der Waals surface area (Å²) < 4.78 is 7.31. The molecule has 2 heterocycles. The van der Waals surface area contributed by atoms with E-state index in [2.05, 4.69) is 5.43 Å². The van der Waals surface area contributed by atoms with Crippen LogP contribution in [0.1, 0.15) is 13.3 Å². The van der Waals surface area contributed by atoms with E-state index in [1.54, 1.807) is 0 Å². The van der Waals surface area contributed by atoms with Crippen molar-refractivity contribution >= 4 is 5.90 Å². The number of ether oxygens (including phenoxy) is 1. The van der Waals surface area contributed by atoms with Gasteiger partial charge in [-0.25, -0.2) is 0 Å². The van der Waals surface area contributed by atoms with Gasteiger partial charge >= 0.3 is 5.90 Å². The van der Waals surface area contributed by atoms with Crippen LogP contribution in [-0.2, 0) is 4.74 Å². The van der Waals surface area contributed by atoms with Gasteiger partial charge in [0.05, 0.1) is 5.57 Å². The minimum Gasteiger partial charge on any atom is -0.442 e. The third-order valence-electron chi connectivity index (χ3n) is 1.72. The zero-order chi connectivity index (χ0) is 6.97. The van der Waals surface area contributed by atoms with Crippen LogP contribution in [0.25, 0.3) is 0 Å². The standard InChI is InChI=1S/C7H10N2O/c1-6-5-8-9-3-2-4-10-7(6)9/h5H,2-4H2,1H3/q+1. The van der Waals surface area contributed by atoms with Crippen molar-refractivity contribution in [2.75, 3.05) is 13.2 Å². The van der Waals surface area contributed by atoms with Crippen LogP contribution >= 0.6 is 0 Å². The second kappa shape index (κ2) is 2.01. The maximum Gasteiger partial charge on any atom is 0.398 e. The fourth-order valence-electron chi connectivity index (χ4n) is 1.20. The molecule has 2 aliphatic rings. The van der Waals surface area contributed by atoms with Crippen LogP contribution < -0.4 is 5.43 Å². The summed E-state index contributed by atoms with van der Waals surface area (Å²) in [7, 11) is 0. The van der Waals surface area contributed by atoms with Gasteiger partial charge in [0, 0.05) is 6.42 Å². The van der Waals surface area contributed by atoms with Gasteiger partial charge in [-0.2, -0.15) is 0 Å². The lowest BCUT2D eigenvalue weighted by atomic mass is 10.3. The van der Waals surface area contributed by atoms with E-state index < -0.39 is 0 Å². The summed E-state index contributed by atoms with van der Waals surface area (Å²) in [6.45, 7) is 3.86. The number of nitrogens with zero attached hydrogens (tertiary/aromatic N) is 2. The van der Waals surface area contributed by atoms with Crippen molar-refractivity contribution in [2.24, 2.45) is 0 Å². The first-order valence-corrected chi connectivity index (χ1v) is 3.53. The Bertz CT molecular complexity index is 218. The lowest BCUT2D eigenvalue weighted by Crippen LogP contribution is -2.29. The van der Waals surface area contributed by atoms with Gasteiger partial charge < -0.3 is 4.74 Å². The van der Waals surface area contributed by atoms with E-state index in [0.717, 1.165) is 31.0 Å². The van der Waals surface area contributed by atoms with E-state index >= 15 is 0 Å². The molecule has 0 bridgehead atoms. The second-order valence-corrected chi connectivity index (χ2v) is 2.56. The van der Waals surface area contributed by atoms with Gasteiger partial charge in [0.2, 0.25) is 0 Å². The molecule has 0 amide bonds. The molecule has 0 spiro atoms. The van der Waals surface area contributed by atoms with Gasteiger partial charge in [-0.05, 0) is 12.3 Å². The first kappa shape index (κ1) is 5.77. The van der Waals surface area contributed by atoms with Gasteiger partial charge in [-0.1, -0.05) is 4.68 Å². The molecular formula is C7H10N2O+. The Morgan fingerprint density at radius 2 is 2.60 bits per heavy atom. The van der Waals surface area contributed by atoms with E-state index in [9.17, 15) is 0 Å². The number of hydrogen-bond donors (Lipinski definition) is 0. The van der Waals surface area contributed by atoms with Crippen molar-refractivity contribution in [2.45, 2.75) is 13.3 Å². The number of hydrogen-bond acceptors (Lipinski definition) is 1. The molecule has 0 N–H and O–H groups in total. The topological polar surface area (TPSA) is 26.3 Å². The summed E-state index contributed by atoms with van der Waals surface area (Å²) in [6.07, 6.45) is 2.93. The normalized spacial score (nSPS) is 23.1. The molecule has 2 rings (SSSR count). The molecule has 1 radical (unpaired) electrons. The van der Waals surface area contributed by atoms with Crippen molar-refractivity contribution in [1.29, 1.82) is 0 Å². The van der Waals surface area contributed by atoms with Crippen LogP contribution in [0.3, 0.4) is 0 Å². The molecule has 0 aromatic rings. The van der Waals surface area contributed by atoms with Crippen molar-refractivity contribution < 1.29 is 9.42 Å². The van der Waals surface area contributed by atoms with E-state index in [0.29, 0.717) is 0 Å². The van der Waals surface area contributed by atoms with Crippen LogP contribution in [0.5, 0.6) is 0 Å². The first-order valence-electron chi connectivity index (χ1n) is 3.53. The monoisotopic (exact) mass is 138 g/mol. The summed E-state index contributed by atoms with van der Waals surface area (Å²) >= 11 is 0. The van der Waals surface area contributed by atoms with E-state index in [-0.39, 0.29) is 0 Å². The molecule has 0 aliphatic carbocycles. The van der Waals surface area contributed by atoms with E-state index in [1.807, 2.05) is 17.8 Å². The summed E-state index contributed by atoms with van der Waals surface area (Å²) in [5.74, 6) is 0.950. The van der Waals surface area contributed by atoms with Gasteiger partial charge in [-0.3, -0.25) is 0 Å². The van der Waals surface area contributed by atoms with Gasteiger partial charge in [0.15, 0.2) is 6.54 Å². The highest BCUT2D eigenvalue weighted by molar-refractivity contribution is 5.89. The minimum absolute atomic E-state index is 0.840. The van der Waals surface area contributed by atoms with Crippen LogP contribution in [-0.4, -0.2) is 23.7 Å². The maximum atomic E-state index is 5.39. The molecule has 0 atom stereocenters. The Balaban J connectivity index is 2.28. The summed E-state index contributed by atoms with van der Waals surface area (Å²) in [6, 6.07) is 0. The van der Waals surface area contributed by atoms with Crippen LogP contribution in [0.15, 0.2) is 11.8 Å². The third kappa shape index (κ3) is 0.701. The predicted molar refractivity (Wildman–Crippen MR) is 36.6 cm³/mol. The molecular weight excluding hydrogens is 128 g/mol. The fraction of sp³-hybridized carbons (Fsp3) is 0.571. The smallest absolute Gasteiger partial charge is 0.398 e. The van der Waals surface area contributed by atoms with Gasteiger partial charge in [0.25, 0.3) is 0 Å². The molecule has 53 valence electrons. The molecule has 0 unspecified atom stereocenters. The zero-order valence-corrected chi connectivity index (χ0v) is 6.00. The zero-order valence-electron chi connectivity index (χ0n) is 6.00. The predicted octanol–water partition coefficient (Wildman–Crippen LogP) is 0.254. The molecule has 0 aromatic heterocycles. The van der Waals surface area contributed by atoms with E-state index in [1.165, 1.54) is 0 Å². The molecule has 0 aromatic carbocycles. The molecule has 3 heteroatoms. The maximum absolute atomic E-state index is 5.39. The van der Waals surface area contributed by atoms with Crippen LogP contribution in [0.2, 0.25) is 0 Å². The summed E-state index contributed by atoms with van der Waals surface area (Å²) in [4.78, 5) is 0. The lowest BCUT2D eigenvalue weighted by Gasteiger charge is -2.07. The highest BCUT2D eigenvalue weighted by Crippen LogP contribution is 2.09. The van der Waals surface area contributed by atoms with Crippen molar-refractivity contribution in [3.05, 3.63) is 11.8 Å². The Kier molecular flexibility index (Phi) is 1.16. The van der Waals surface area contributed by atoms with Gasteiger partial charge in [0.1, 0.15) is 12.8 Å². The van der Waals surface area contributed by atoms with Crippen molar-refractivity contribution in [1.82, 2.24) is 5.43 Å². The van der Waals surface area contributed by atoms with Crippen LogP contribution in [0, 0.1) is 0 Å². The molecule has 0 fully saturated rings. The summed E-state index contributed by atoms with van der Waals surface area (Å²) in [5, 5.41) is 0. The Hall–Kier alpha value is -0.990. The molecule has 3 nitrogen and oxygen atoms in total. The first-order chi connectivity index (χ1) is 4.88. The molecule has 10 heavy (non-hydrogen) atoms. The van der Waals surface area contributed by atoms with E-state index in [4.69, 9.17) is 4.74 Å². The molecule has 0 saturated carbocycles. The minimum atomic E-state index is 0.840. The van der Waals surface area contributed by atoms with Crippen LogP contribution in [0.4, 0.5) is 0 Å². The van der Waals surface area contributed by atoms with Crippen molar-refractivity contribution in [3.8, 4) is 0 Å². The second-order valence-electron chi connectivity index (χ2n) is 2.56. The third-order valence-corrected chi connectivity index (χ3v) is 1.72. The van der Waals surface area contributed by atoms with Crippen molar-refractivity contribution in [3.63, 3.8) is 0 Å². The SMILES string of the molecule is CC1=C[N][N+]2=C1OCCC2. The fourth-order valence-corrected chi connectivity index (χ4v) is 1.20. The molecule has 2 aliphatic heterocycles. The average molecular weight is 138 g/mol. The largest absolute Gasteiger partial charge is 0.442 e. The summed E-state index contributed by atoms with van der Waals surface area (Å²) in [5.41, 5.74) is 5.29. The quantitative estimate of drug-likeness (QED) is 0.441. The number of rotatable bonds is 0. The Labute approximate surface area is 60.0 Å². The Morgan fingerprint density at radius 3 is 3.40 bits per heavy atom. The Morgan fingerprint density at radius 1 is 1.70 bits per heavy atom.